The maximum Gasteiger partial charge on any atom is 0.232 e. The van der Waals surface area contributed by atoms with E-state index in [1.807, 2.05) is 32.0 Å². The lowest BCUT2D eigenvalue weighted by Gasteiger charge is -2.03. The number of rotatable bonds is 5. The zero-order valence-electron chi connectivity index (χ0n) is 11.2. The Bertz CT molecular complexity index is 567. The van der Waals surface area contributed by atoms with Crippen LogP contribution in [0, 0.1) is 11.3 Å². The Morgan fingerprint density at radius 1 is 1.32 bits per heavy atom. The zero-order valence-corrected chi connectivity index (χ0v) is 11.2. The lowest BCUT2D eigenvalue weighted by atomic mass is 10.1. The largest absolute Gasteiger partial charge is 0.424 e. The van der Waals surface area contributed by atoms with E-state index in [-0.39, 0.29) is 5.92 Å². The summed E-state index contributed by atoms with van der Waals surface area (Å²) < 4.78 is 5.56. The van der Waals surface area contributed by atoms with Crippen LogP contribution >= 0.6 is 0 Å². The first-order valence-electron chi connectivity index (χ1n) is 6.39. The van der Waals surface area contributed by atoms with Crippen molar-refractivity contribution < 1.29 is 4.42 Å². The molecule has 1 heterocycles. The highest BCUT2D eigenvalue weighted by Crippen LogP contribution is 2.21. The van der Waals surface area contributed by atoms with Crippen LogP contribution in [0.5, 0.6) is 0 Å². The number of hydrogen-bond acceptors (Lipinski definition) is 4. The molecule has 4 heteroatoms. The molecule has 2 rings (SSSR count). The average molecular weight is 255 g/mol. The van der Waals surface area contributed by atoms with Crippen LogP contribution in [0.15, 0.2) is 34.7 Å². The van der Waals surface area contributed by atoms with E-state index < -0.39 is 0 Å². The molecule has 0 amide bonds. The van der Waals surface area contributed by atoms with Gasteiger partial charge in [0.2, 0.25) is 17.5 Å². The van der Waals surface area contributed by atoms with E-state index in [9.17, 15) is 0 Å². The second-order valence-electron chi connectivity index (χ2n) is 4.66. The van der Waals surface area contributed by atoms with Crippen molar-refractivity contribution >= 4 is 5.88 Å². The molecule has 0 fully saturated rings. The second kappa shape index (κ2) is 6.05. The summed E-state index contributed by atoms with van der Waals surface area (Å²) in [5.74, 6) is 1.25. The quantitative estimate of drug-likeness (QED) is 0.890. The van der Waals surface area contributed by atoms with Gasteiger partial charge < -0.3 is 9.73 Å². The number of hydrogen-bond donors (Lipinski definition) is 1. The maximum atomic E-state index is 9.02. The van der Waals surface area contributed by atoms with Gasteiger partial charge in [-0.3, -0.25) is 0 Å². The Hall–Kier alpha value is -2.28. The van der Waals surface area contributed by atoms with Crippen molar-refractivity contribution in [2.24, 2.45) is 0 Å². The minimum absolute atomic E-state index is 0.178. The highest BCUT2D eigenvalue weighted by atomic mass is 16.4. The van der Waals surface area contributed by atoms with Crippen LogP contribution in [0.3, 0.4) is 0 Å². The van der Waals surface area contributed by atoms with Gasteiger partial charge in [-0.05, 0) is 12.0 Å². The van der Waals surface area contributed by atoms with Crippen molar-refractivity contribution in [1.29, 1.82) is 5.26 Å². The van der Waals surface area contributed by atoms with Crippen LogP contribution in [0.25, 0.3) is 0 Å². The summed E-state index contributed by atoms with van der Waals surface area (Å²) in [7, 11) is 0. The Balaban J connectivity index is 1.98. The Labute approximate surface area is 113 Å². The summed E-state index contributed by atoms with van der Waals surface area (Å²) >= 11 is 0. The van der Waals surface area contributed by atoms with Gasteiger partial charge in [-0.2, -0.15) is 5.26 Å². The third kappa shape index (κ3) is 3.35. The molecule has 19 heavy (non-hydrogen) atoms. The number of anilines is 1. The summed E-state index contributed by atoms with van der Waals surface area (Å²) in [6.45, 7) is 4.69. The standard InChI is InChI=1S/C15H17N3O/c1-11(2)14-18-13(10-16)15(19-14)17-9-8-12-6-4-3-5-7-12/h3-7,11,17H,8-9H2,1-2H3. The molecular formula is C15H17N3O. The van der Waals surface area contributed by atoms with Gasteiger partial charge in [-0.25, -0.2) is 4.98 Å². The molecule has 0 unspecified atom stereocenters. The van der Waals surface area contributed by atoms with Crippen LogP contribution in [0.2, 0.25) is 0 Å². The molecule has 0 aliphatic heterocycles. The number of nitrogens with zero attached hydrogens (tertiary/aromatic N) is 2. The summed E-state index contributed by atoms with van der Waals surface area (Å²) in [5, 5.41) is 12.2. The van der Waals surface area contributed by atoms with Crippen molar-refractivity contribution in [2.75, 3.05) is 11.9 Å². The number of nitriles is 1. The topological polar surface area (TPSA) is 61.9 Å². The third-order valence-electron chi connectivity index (χ3n) is 2.79. The van der Waals surface area contributed by atoms with Crippen LogP contribution in [-0.4, -0.2) is 11.5 Å². The van der Waals surface area contributed by atoms with Gasteiger partial charge in [0.25, 0.3) is 0 Å². The molecule has 1 aromatic heterocycles. The molecular weight excluding hydrogens is 238 g/mol. The fourth-order valence-electron chi connectivity index (χ4n) is 1.74. The monoisotopic (exact) mass is 255 g/mol. The van der Waals surface area contributed by atoms with Crippen molar-refractivity contribution in [3.8, 4) is 6.07 Å². The molecule has 0 saturated heterocycles. The molecule has 0 saturated carbocycles. The highest BCUT2D eigenvalue weighted by molar-refractivity contribution is 5.45. The fraction of sp³-hybridized carbons (Fsp3) is 0.333. The summed E-state index contributed by atoms with van der Waals surface area (Å²) in [4.78, 5) is 4.16. The number of aromatic nitrogens is 1. The summed E-state index contributed by atoms with van der Waals surface area (Å²) in [6.07, 6.45) is 0.878. The number of benzene rings is 1. The van der Waals surface area contributed by atoms with Gasteiger partial charge in [0, 0.05) is 12.5 Å². The van der Waals surface area contributed by atoms with Crippen molar-refractivity contribution in [3.63, 3.8) is 0 Å². The predicted octanol–water partition coefficient (Wildman–Crippen LogP) is 3.32. The van der Waals surface area contributed by atoms with Crippen molar-refractivity contribution in [2.45, 2.75) is 26.2 Å². The SMILES string of the molecule is CC(C)c1nc(C#N)c(NCCc2ccccc2)o1. The molecule has 0 radical (unpaired) electrons. The molecule has 0 aliphatic carbocycles. The first-order valence-corrected chi connectivity index (χ1v) is 6.39. The van der Waals surface area contributed by atoms with E-state index in [4.69, 9.17) is 9.68 Å². The fourth-order valence-corrected chi connectivity index (χ4v) is 1.74. The highest BCUT2D eigenvalue weighted by Gasteiger charge is 2.14. The summed E-state index contributed by atoms with van der Waals surface area (Å²) in [5.41, 5.74) is 1.58. The van der Waals surface area contributed by atoms with Gasteiger partial charge in [0.1, 0.15) is 6.07 Å². The van der Waals surface area contributed by atoms with Crippen LogP contribution in [0.4, 0.5) is 5.88 Å². The van der Waals surface area contributed by atoms with Crippen molar-refractivity contribution in [1.82, 2.24) is 4.98 Å². The van der Waals surface area contributed by atoms with E-state index in [2.05, 4.69) is 28.5 Å². The van der Waals surface area contributed by atoms with Gasteiger partial charge >= 0.3 is 0 Å². The van der Waals surface area contributed by atoms with E-state index in [1.54, 1.807) is 0 Å². The van der Waals surface area contributed by atoms with E-state index >= 15 is 0 Å². The summed E-state index contributed by atoms with van der Waals surface area (Å²) in [6, 6.07) is 12.2. The Morgan fingerprint density at radius 2 is 2.05 bits per heavy atom. The molecule has 0 spiro atoms. The lowest BCUT2D eigenvalue weighted by molar-refractivity contribution is 0.480. The molecule has 0 aliphatic rings. The molecule has 4 nitrogen and oxygen atoms in total. The normalized spacial score (nSPS) is 10.4. The van der Waals surface area contributed by atoms with Gasteiger partial charge in [0.15, 0.2) is 0 Å². The first kappa shape index (κ1) is 13.2. The van der Waals surface area contributed by atoms with Crippen LogP contribution in [-0.2, 0) is 6.42 Å². The predicted molar refractivity (Wildman–Crippen MR) is 73.9 cm³/mol. The van der Waals surface area contributed by atoms with Crippen LogP contribution in [0.1, 0.15) is 36.9 Å². The molecule has 1 N–H and O–H groups in total. The van der Waals surface area contributed by atoms with E-state index in [1.165, 1.54) is 5.56 Å². The lowest BCUT2D eigenvalue weighted by Crippen LogP contribution is -2.05. The van der Waals surface area contributed by atoms with Gasteiger partial charge in [-0.15, -0.1) is 0 Å². The molecule has 0 bridgehead atoms. The molecule has 1 aromatic carbocycles. The molecule has 2 aromatic rings. The van der Waals surface area contributed by atoms with Gasteiger partial charge in [-0.1, -0.05) is 44.2 Å². The van der Waals surface area contributed by atoms with Gasteiger partial charge in [0.05, 0.1) is 0 Å². The number of nitrogens with one attached hydrogen (secondary N) is 1. The average Bonchev–Trinajstić information content (AvgIpc) is 2.83. The maximum absolute atomic E-state index is 9.02. The minimum Gasteiger partial charge on any atom is -0.424 e. The molecule has 0 atom stereocenters. The van der Waals surface area contributed by atoms with E-state index in [0.717, 1.165) is 6.42 Å². The minimum atomic E-state index is 0.178. The zero-order chi connectivity index (χ0) is 13.7. The first-order chi connectivity index (χ1) is 9.20. The Kier molecular flexibility index (Phi) is 4.19. The molecule has 98 valence electrons. The van der Waals surface area contributed by atoms with Crippen molar-refractivity contribution in [3.05, 3.63) is 47.5 Å². The Morgan fingerprint density at radius 3 is 2.68 bits per heavy atom. The second-order valence-corrected chi connectivity index (χ2v) is 4.66. The van der Waals surface area contributed by atoms with E-state index in [0.29, 0.717) is 24.0 Å². The number of oxazole rings is 1. The smallest absolute Gasteiger partial charge is 0.232 e. The van der Waals surface area contributed by atoms with Crippen LogP contribution < -0.4 is 5.32 Å². The third-order valence-corrected chi connectivity index (χ3v) is 2.79.